The van der Waals surface area contributed by atoms with E-state index in [1.165, 1.54) is 0 Å². The Morgan fingerprint density at radius 2 is 2.30 bits per heavy atom. The normalized spacial score (nSPS) is 16.7. The number of amides is 1. The fraction of sp³-hybridized carbons (Fsp3) is 0.471. The molecule has 1 amide bonds. The molecule has 1 unspecified atom stereocenters. The Morgan fingerprint density at radius 3 is 3.09 bits per heavy atom. The number of nitrogens with zero attached hydrogens (tertiary/aromatic N) is 3. The molecule has 0 aliphatic carbocycles. The van der Waals surface area contributed by atoms with Crippen LogP contribution in [0.5, 0.6) is 5.88 Å². The van der Waals surface area contributed by atoms with Crippen LogP contribution < -0.4 is 10.1 Å². The summed E-state index contributed by atoms with van der Waals surface area (Å²) in [6.07, 6.45) is 3.36. The van der Waals surface area contributed by atoms with E-state index in [1.54, 1.807) is 13.3 Å². The van der Waals surface area contributed by atoms with Crippen molar-refractivity contribution in [1.29, 1.82) is 0 Å². The minimum Gasteiger partial charge on any atom is -0.481 e. The van der Waals surface area contributed by atoms with Gasteiger partial charge in [-0.1, -0.05) is 0 Å². The molecule has 0 saturated heterocycles. The van der Waals surface area contributed by atoms with E-state index in [2.05, 4.69) is 15.4 Å². The van der Waals surface area contributed by atoms with Crippen molar-refractivity contribution < 1.29 is 9.53 Å². The number of methoxy groups -OCH3 is 1. The van der Waals surface area contributed by atoms with Crippen molar-refractivity contribution in [1.82, 2.24) is 20.1 Å². The third-order valence-corrected chi connectivity index (χ3v) is 4.39. The fourth-order valence-electron chi connectivity index (χ4n) is 3.12. The SMILES string of the molecule is COc1nc(C)cc(C)c1CNC(=O)C1CCn2nccc2C1. The van der Waals surface area contributed by atoms with Gasteiger partial charge in [0, 0.05) is 48.6 Å². The van der Waals surface area contributed by atoms with E-state index in [0.29, 0.717) is 12.4 Å². The van der Waals surface area contributed by atoms with Crippen LogP contribution in [-0.2, 0) is 24.3 Å². The third-order valence-electron chi connectivity index (χ3n) is 4.39. The summed E-state index contributed by atoms with van der Waals surface area (Å²) in [5.41, 5.74) is 4.06. The summed E-state index contributed by atoms with van der Waals surface area (Å²) in [4.78, 5) is 16.9. The summed E-state index contributed by atoms with van der Waals surface area (Å²) in [6.45, 7) is 5.19. The van der Waals surface area contributed by atoms with Crippen molar-refractivity contribution >= 4 is 5.91 Å². The van der Waals surface area contributed by atoms with E-state index in [0.717, 1.165) is 41.9 Å². The quantitative estimate of drug-likeness (QED) is 0.934. The summed E-state index contributed by atoms with van der Waals surface area (Å²) < 4.78 is 7.32. The van der Waals surface area contributed by atoms with Crippen molar-refractivity contribution in [3.8, 4) is 5.88 Å². The Hall–Kier alpha value is -2.37. The van der Waals surface area contributed by atoms with Gasteiger partial charge >= 0.3 is 0 Å². The third kappa shape index (κ3) is 3.21. The number of carbonyl (C=O) groups is 1. The van der Waals surface area contributed by atoms with Crippen LogP contribution in [0, 0.1) is 19.8 Å². The lowest BCUT2D eigenvalue weighted by molar-refractivity contribution is -0.125. The van der Waals surface area contributed by atoms with Crippen LogP contribution in [0.25, 0.3) is 0 Å². The molecule has 0 bridgehead atoms. The lowest BCUT2D eigenvalue weighted by Gasteiger charge is -2.23. The Morgan fingerprint density at radius 1 is 1.48 bits per heavy atom. The zero-order valence-electron chi connectivity index (χ0n) is 13.8. The van der Waals surface area contributed by atoms with Gasteiger partial charge in [0.15, 0.2) is 0 Å². The van der Waals surface area contributed by atoms with Crippen molar-refractivity contribution in [2.24, 2.45) is 5.92 Å². The van der Waals surface area contributed by atoms with E-state index in [9.17, 15) is 4.79 Å². The van der Waals surface area contributed by atoms with Crippen LogP contribution in [0.2, 0.25) is 0 Å². The van der Waals surface area contributed by atoms with Gasteiger partial charge in [-0.05, 0) is 38.0 Å². The predicted octanol–water partition coefficient (Wildman–Crippen LogP) is 1.78. The molecule has 122 valence electrons. The summed E-state index contributed by atoms with van der Waals surface area (Å²) in [5.74, 6) is 0.674. The highest BCUT2D eigenvalue weighted by molar-refractivity contribution is 5.79. The monoisotopic (exact) mass is 314 g/mol. The van der Waals surface area contributed by atoms with Gasteiger partial charge < -0.3 is 10.1 Å². The minimum atomic E-state index is 0.00362. The number of carbonyl (C=O) groups excluding carboxylic acids is 1. The number of hydrogen-bond donors (Lipinski definition) is 1. The van der Waals surface area contributed by atoms with Crippen molar-refractivity contribution in [3.05, 3.63) is 40.8 Å². The van der Waals surface area contributed by atoms with Crippen LogP contribution in [0.1, 0.15) is 28.9 Å². The van der Waals surface area contributed by atoms with Gasteiger partial charge in [-0.15, -0.1) is 0 Å². The van der Waals surface area contributed by atoms with Gasteiger partial charge in [-0.3, -0.25) is 9.48 Å². The second kappa shape index (κ2) is 6.40. The zero-order chi connectivity index (χ0) is 16.4. The molecule has 2 aromatic heterocycles. The van der Waals surface area contributed by atoms with E-state index in [-0.39, 0.29) is 11.8 Å². The molecule has 23 heavy (non-hydrogen) atoms. The highest BCUT2D eigenvalue weighted by Gasteiger charge is 2.25. The molecular formula is C17H22N4O2. The van der Waals surface area contributed by atoms with E-state index in [4.69, 9.17) is 4.74 Å². The maximum Gasteiger partial charge on any atom is 0.223 e. The number of aromatic nitrogens is 3. The van der Waals surface area contributed by atoms with Gasteiger partial charge in [-0.2, -0.15) is 5.10 Å². The van der Waals surface area contributed by atoms with E-state index in [1.807, 2.05) is 30.7 Å². The first kappa shape index (κ1) is 15.5. The topological polar surface area (TPSA) is 69.0 Å². The number of hydrogen-bond acceptors (Lipinski definition) is 4. The maximum atomic E-state index is 12.5. The van der Waals surface area contributed by atoms with E-state index < -0.39 is 0 Å². The lowest BCUT2D eigenvalue weighted by Crippen LogP contribution is -2.35. The van der Waals surface area contributed by atoms with E-state index >= 15 is 0 Å². The summed E-state index contributed by atoms with van der Waals surface area (Å²) in [5, 5.41) is 7.28. The number of aryl methyl sites for hydroxylation is 3. The van der Waals surface area contributed by atoms with Gasteiger partial charge in [-0.25, -0.2) is 4.98 Å². The standard InChI is InChI=1S/C17H22N4O2/c1-11-8-12(2)20-17(23-3)15(11)10-18-16(22)13-5-7-21-14(9-13)4-6-19-21/h4,6,8,13H,5,7,9-10H2,1-3H3,(H,18,22). The number of fused-ring (bicyclic) bond motifs is 1. The average molecular weight is 314 g/mol. The lowest BCUT2D eigenvalue weighted by atomic mass is 9.95. The Labute approximate surface area is 135 Å². The number of ether oxygens (including phenoxy) is 1. The molecule has 0 aromatic carbocycles. The van der Waals surface area contributed by atoms with Crippen molar-refractivity contribution in [3.63, 3.8) is 0 Å². The first-order valence-electron chi connectivity index (χ1n) is 7.88. The van der Waals surface area contributed by atoms with Gasteiger partial charge in [0.25, 0.3) is 0 Å². The van der Waals surface area contributed by atoms with Gasteiger partial charge in [0.05, 0.1) is 7.11 Å². The van der Waals surface area contributed by atoms with Gasteiger partial charge in [0.2, 0.25) is 11.8 Å². The van der Waals surface area contributed by atoms with Crippen LogP contribution in [0.4, 0.5) is 0 Å². The Kier molecular flexibility index (Phi) is 4.32. The first-order valence-corrected chi connectivity index (χ1v) is 7.88. The minimum absolute atomic E-state index is 0.00362. The number of pyridine rings is 1. The van der Waals surface area contributed by atoms with Crippen molar-refractivity contribution in [2.75, 3.05) is 7.11 Å². The zero-order valence-corrected chi connectivity index (χ0v) is 13.8. The molecule has 6 heteroatoms. The molecule has 1 aliphatic heterocycles. The molecule has 0 radical (unpaired) electrons. The number of nitrogens with one attached hydrogen (secondary N) is 1. The molecule has 6 nitrogen and oxygen atoms in total. The molecule has 3 heterocycles. The molecule has 1 atom stereocenters. The maximum absolute atomic E-state index is 12.5. The molecule has 0 fully saturated rings. The Bertz CT molecular complexity index is 723. The van der Waals surface area contributed by atoms with Gasteiger partial charge in [0.1, 0.15) is 0 Å². The summed E-state index contributed by atoms with van der Waals surface area (Å²) in [7, 11) is 1.61. The smallest absolute Gasteiger partial charge is 0.223 e. The van der Waals surface area contributed by atoms with Crippen molar-refractivity contribution in [2.45, 2.75) is 39.8 Å². The highest BCUT2D eigenvalue weighted by atomic mass is 16.5. The predicted molar refractivity (Wildman–Crippen MR) is 86.1 cm³/mol. The molecule has 0 saturated carbocycles. The second-order valence-corrected chi connectivity index (χ2v) is 6.02. The summed E-state index contributed by atoms with van der Waals surface area (Å²) >= 11 is 0. The molecule has 1 N–H and O–H groups in total. The molecule has 3 rings (SSSR count). The molecular weight excluding hydrogens is 292 g/mol. The fourth-order valence-corrected chi connectivity index (χ4v) is 3.12. The largest absolute Gasteiger partial charge is 0.481 e. The first-order chi connectivity index (χ1) is 11.1. The van der Waals surface area contributed by atoms with Crippen LogP contribution in [-0.4, -0.2) is 27.8 Å². The molecule has 1 aliphatic rings. The second-order valence-electron chi connectivity index (χ2n) is 6.02. The summed E-state index contributed by atoms with van der Waals surface area (Å²) in [6, 6.07) is 3.99. The highest BCUT2D eigenvalue weighted by Crippen LogP contribution is 2.22. The van der Waals surface area contributed by atoms with Crippen LogP contribution in [0.3, 0.4) is 0 Å². The number of rotatable bonds is 4. The van der Waals surface area contributed by atoms with Crippen LogP contribution in [0.15, 0.2) is 18.3 Å². The average Bonchev–Trinajstić information content (AvgIpc) is 3.00. The van der Waals surface area contributed by atoms with Crippen LogP contribution >= 0.6 is 0 Å². The molecule has 2 aromatic rings. The Balaban J connectivity index is 1.66. The molecule has 0 spiro atoms.